The number of benzene rings is 1. The van der Waals surface area contributed by atoms with Crippen LogP contribution in [0.15, 0.2) is 54.4 Å². The fraction of sp³-hybridized carbons (Fsp3) is 0.158. The number of nitrogens with zero attached hydrogens (tertiary/aromatic N) is 1. The summed E-state index contributed by atoms with van der Waals surface area (Å²) >= 11 is 1.86. The molecule has 3 aromatic rings. The quantitative estimate of drug-likeness (QED) is 0.738. The molecule has 3 heteroatoms. The SMILES string of the molecule is [CH2]C1=Cc2sc(C(c3ccccc3)c3ncc[nH]3)cc2CC1. The maximum Gasteiger partial charge on any atom is 0.118 e. The van der Waals surface area contributed by atoms with E-state index in [0.717, 1.165) is 18.7 Å². The number of aromatic amines is 1. The van der Waals surface area contributed by atoms with Crippen molar-refractivity contribution >= 4 is 17.4 Å². The zero-order valence-corrected chi connectivity index (χ0v) is 13.1. The van der Waals surface area contributed by atoms with Gasteiger partial charge in [0.1, 0.15) is 5.82 Å². The van der Waals surface area contributed by atoms with Gasteiger partial charge in [0.25, 0.3) is 0 Å². The predicted molar refractivity (Wildman–Crippen MR) is 91.9 cm³/mol. The van der Waals surface area contributed by atoms with Crippen LogP contribution in [0.1, 0.15) is 39.0 Å². The Bertz CT molecular complexity index is 797. The maximum atomic E-state index is 4.51. The maximum absolute atomic E-state index is 4.51. The van der Waals surface area contributed by atoms with Crippen LogP contribution < -0.4 is 0 Å². The van der Waals surface area contributed by atoms with Gasteiger partial charge in [-0.1, -0.05) is 35.9 Å². The highest BCUT2D eigenvalue weighted by molar-refractivity contribution is 7.13. The van der Waals surface area contributed by atoms with Crippen LogP contribution in [-0.2, 0) is 6.42 Å². The number of nitrogens with one attached hydrogen (secondary N) is 1. The number of imidazole rings is 1. The molecule has 0 amide bonds. The van der Waals surface area contributed by atoms with Crippen molar-refractivity contribution in [3.8, 4) is 0 Å². The largest absolute Gasteiger partial charge is 0.348 e. The van der Waals surface area contributed by atoms with Gasteiger partial charge in [0.2, 0.25) is 0 Å². The zero-order valence-electron chi connectivity index (χ0n) is 12.3. The van der Waals surface area contributed by atoms with Crippen LogP contribution in [0, 0.1) is 6.92 Å². The number of hydrogen-bond acceptors (Lipinski definition) is 2. The Morgan fingerprint density at radius 2 is 2.05 bits per heavy atom. The molecule has 0 saturated carbocycles. The van der Waals surface area contributed by atoms with E-state index in [4.69, 9.17) is 0 Å². The monoisotopic (exact) mass is 305 g/mol. The Morgan fingerprint density at radius 1 is 1.18 bits per heavy atom. The highest BCUT2D eigenvalue weighted by Crippen LogP contribution is 2.39. The van der Waals surface area contributed by atoms with Crippen LogP contribution >= 0.6 is 11.3 Å². The molecule has 109 valence electrons. The van der Waals surface area contributed by atoms with Gasteiger partial charge in [-0.25, -0.2) is 4.98 Å². The fourth-order valence-corrected chi connectivity index (χ4v) is 4.35. The van der Waals surface area contributed by atoms with Gasteiger partial charge in [-0.15, -0.1) is 11.3 Å². The van der Waals surface area contributed by atoms with E-state index in [9.17, 15) is 0 Å². The molecule has 0 saturated heterocycles. The third-order valence-corrected chi connectivity index (χ3v) is 5.31. The highest BCUT2D eigenvalue weighted by Gasteiger charge is 2.23. The second-order valence-corrected chi connectivity index (χ2v) is 6.77. The van der Waals surface area contributed by atoms with Crippen LogP contribution in [0.2, 0.25) is 0 Å². The number of hydrogen-bond donors (Lipinski definition) is 1. The molecular weight excluding hydrogens is 288 g/mol. The van der Waals surface area contributed by atoms with Gasteiger partial charge in [0.05, 0.1) is 5.92 Å². The second-order valence-electron chi connectivity index (χ2n) is 5.66. The molecule has 0 fully saturated rings. The van der Waals surface area contributed by atoms with Crippen LogP contribution in [0.25, 0.3) is 6.08 Å². The number of thiophene rings is 1. The number of aromatic nitrogens is 2. The summed E-state index contributed by atoms with van der Waals surface area (Å²) in [7, 11) is 0. The topological polar surface area (TPSA) is 28.7 Å². The summed E-state index contributed by atoms with van der Waals surface area (Å²) in [5, 5.41) is 0. The minimum Gasteiger partial charge on any atom is -0.348 e. The van der Waals surface area contributed by atoms with Crippen molar-refractivity contribution in [1.82, 2.24) is 9.97 Å². The standard InChI is InChI=1S/C19H17N2S/c1-13-7-8-15-12-17(22-16(15)11-13)18(19-20-9-10-21-19)14-5-3-2-4-6-14/h2-6,9-12,18H,1,7-8H2,(H,20,21). The lowest BCUT2D eigenvalue weighted by molar-refractivity contribution is 0.896. The van der Waals surface area contributed by atoms with E-state index in [1.807, 2.05) is 23.7 Å². The smallest absolute Gasteiger partial charge is 0.118 e. The van der Waals surface area contributed by atoms with E-state index in [1.165, 1.54) is 26.5 Å². The van der Waals surface area contributed by atoms with Gasteiger partial charge >= 0.3 is 0 Å². The molecule has 2 aromatic heterocycles. The molecule has 1 N–H and O–H groups in total. The van der Waals surface area contributed by atoms with Crippen molar-refractivity contribution in [3.05, 3.63) is 88.0 Å². The first-order chi connectivity index (χ1) is 10.8. The van der Waals surface area contributed by atoms with Crippen LogP contribution in [0.5, 0.6) is 0 Å². The van der Waals surface area contributed by atoms with E-state index in [0.29, 0.717) is 0 Å². The number of fused-ring (bicyclic) bond motifs is 1. The lowest BCUT2D eigenvalue weighted by Gasteiger charge is -2.13. The number of H-pyrrole nitrogens is 1. The van der Waals surface area contributed by atoms with Crippen molar-refractivity contribution in [2.45, 2.75) is 18.8 Å². The number of rotatable bonds is 3. The summed E-state index contributed by atoms with van der Waals surface area (Å²) < 4.78 is 0. The molecule has 0 aliphatic heterocycles. The van der Waals surface area contributed by atoms with Crippen LogP contribution in [0.3, 0.4) is 0 Å². The Kier molecular flexibility index (Phi) is 3.43. The average Bonchev–Trinajstić information content (AvgIpc) is 3.18. The van der Waals surface area contributed by atoms with Crippen molar-refractivity contribution in [2.24, 2.45) is 0 Å². The minimum absolute atomic E-state index is 0.175. The third kappa shape index (κ3) is 2.42. The second kappa shape index (κ2) is 5.58. The Morgan fingerprint density at radius 3 is 2.82 bits per heavy atom. The van der Waals surface area contributed by atoms with E-state index in [2.05, 4.69) is 59.4 Å². The Balaban J connectivity index is 1.83. The van der Waals surface area contributed by atoms with Crippen molar-refractivity contribution < 1.29 is 0 Å². The highest BCUT2D eigenvalue weighted by atomic mass is 32.1. The Hall–Kier alpha value is -2.13. The van der Waals surface area contributed by atoms with Crippen molar-refractivity contribution in [2.75, 3.05) is 0 Å². The lowest BCUT2D eigenvalue weighted by Crippen LogP contribution is -2.03. The van der Waals surface area contributed by atoms with Gasteiger partial charge in [-0.05, 0) is 43.0 Å². The van der Waals surface area contributed by atoms with E-state index in [1.54, 1.807) is 0 Å². The van der Waals surface area contributed by atoms with Crippen LogP contribution in [0.4, 0.5) is 0 Å². The molecule has 0 bridgehead atoms. The van der Waals surface area contributed by atoms with Gasteiger partial charge < -0.3 is 4.98 Å². The normalized spacial score (nSPS) is 15.2. The van der Waals surface area contributed by atoms with E-state index >= 15 is 0 Å². The third-order valence-electron chi connectivity index (χ3n) is 4.12. The molecule has 1 aliphatic rings. The van der Waals surface area contributed by atoms with Crippen molar-refractivity contribution in [1.29, 1.82) is 0 Å². The molecule has 4 rings (SSSR count). The predicted octanol–water partition coefficient (Wildman–Crippen LogP) is 4.82. The van der Waals surface area contributed by atoms with Gasteiger partial charge in [-0.2, -0.15) is 0 Å². The molecule has 0 spiro atoms. The molecule has 1 radical (unpaired) electrons. The van der Waals surface area contributed by atoms with Gasteiger partial charge in [0.15, 0.2) is 0 Å². The van der Waals surface area contributed by atoms with E-state index < -0.39 is 0 Å². The van der Waals surface area contributed by atoms with Crippen LogP contribution in [-0.4, -0.2) is 9.97 Å². The number of aryl methyl sites for hydroxylation is 1. The Labute approximate surface area is 134 Å². The zero-order chi connectivity index (χ0) is 14.9. The van der Waals surface area contributed by atoms with Gasteiger partial charge in [-0.3, -0.25) is 0 Å². The van der Waals surface area contributed by atoms with Gasteiger partial charge in [0, 0.05) is 22.1 Å². The molecule has 2 heterocycles. The summed E-state index contributed by atoms with van der Waals surface area (Å²) in [5.74, 6) is 1.18. The molecule has 1 unspecified atom stereocenters. The lowest BCUT2D eigenvalue weighted by atomic mass is 9.94. The summed E-state index contributed by atoms with van der Waals surface area (Å²) in [6.07, 6.45) is 8.12. The first-order valence-corrected chi connectivity index (χ1v) is 8.32. The summed E-state index contributed by atoms with van der Waals surface area (Å²) in [4.78, 5) is 10.5. The molecule has 1 aromatic carbocycles. The summed E-state index contributed by atoms with van der Waals surface area (Å²) in [6, 6.07) is 12.9. The summed E-state index contributed by atoms with van der Waals surface area (Å²) in [5.41, 5.74) is 3.95. The minimum atomic E-state index is 0.175. The molecule has 22 heavy (non-hydrogen) atoms. The molecule has 1 atom stereocenters. The molecular formula is C19H17N2S. The summed E-state index contributed by atoms with van der Waals surface area (Å²) in [6.45, 7) is 4.11. The molecule has 2 nitrogen and oxygen atoms in total. The first-order valence-electron chi connectivity index (χ1n) is 7.50. The number of allylic oxidation sites excluding steroid dienone is 1. The molecule has 1 aliphatic carbocycles. The fourth-order valence-electron chi connectivity index (χ4n) is 3.02. The van der Waals surface area contributed by atoms with E-state index in [-0.39, 0.29) is 5.92 Å². The average molecular weight is 305 g/mol. The van der Waals surface area contributed by atoms with Crippen molar-refractivity contribution in [3.63, 3.8) is 0 Å². The first kappa shape index (κ1) is 13.5.